The summed E-state index contributed by atoms with van der Waals surface area (Å²) in [6.45, 7) is 4.86. The number of amides is 1. The summed E-state index contributed by atoms with van der Waals surface area (Å²) in [6, 6.07) is 14.2. The number of pyridine rings is 1. The summed E-state index contributed by atoms with van der Waals surface area (Å²) in [6.07, 6.45) is 6.55. The number of carbonyl (C=O) groups is 1. The number of aromatic nitrogens is 3. The number of rotatable bonds is 6. The predicted octanol–water partition coefficient (Wildman–Crippen LogP) is 5.34. The van der Waals surface area contributed by atoms with Crippen LogP contribution in [0.1, 0.15) is 18.9 Å². The third-order valence-corrected chi connectivity index (χ3v) is 6.33. The van der Waals surface area contributed by atoms with E-state index in [9.17, 15) is 9.18 Å². The number of benzene rings is 2. The average Bonchev–Trinajstić information content (AvgIpc) is 3.26. The lowest BCUT2D eigenvalue weighted by molar-refractivity contribution is -0.127. The van der Waals surface area contributed by atoms with Gasteiger partial charge in [0.1, 0.15) is 17.4 Å². The quantitative estimate of drug-likeness (QED) is 0.385. The molecule has 2 aromatic carbocycles. The molecule has 0 radical (unpaired) electrons. The van der Waals surface area contributed by atoms with Crippen molar-refractivity contribution < 1.29 is 13.9 Å². The summed E-state index contributed by atoms with van der Waals surface area (Å²) in [5, 5.41) is 9.20. The number of fused-ring (bicyclic) bond motifs is 1. The van der Waals surface area contributed by atoms with Gasteiger partial charge in [-0.15, -0.1) is 0 Å². The number of hydrogen-bond acceptors (Lipinski definition) is 5. The first-order valence-corrected chi connectivity index (χ1v) is 11.5. The van der Waals surface area contributed by atoms with Crippen molar-refractivity contribution in [3.8, 4) is 16.9 Å². The standard InChI is InChI=1S/C27H26FN5O2/c1-3-25(34)32-14-6-8-20(17-32)33-27(30-19-7-5-13-29-16-19)21-15-18(11-12-23(21)31-33)26-22(28)9-4-10-24(26)35-2/h3-5,7,9-13,15-16,20,30H,1,6,8,14,17H2,2H3. The van der Waals surface area contributed by atoms with Crippen LogP contribution in [0.25, 0.3) is 22.0 Å². The summed E-state index contributed by atoms with van der Waals surface area (Å²) in [5.41, 5.74) is 2.66. The van der Waals surface area contributed by atoms with E-state index in [1.165, 1.54) is 19.3 Å². The molecule has 1 aliphatic heterocycles. The van der Waals surface area contributed by atoms with E-state index in [4.69, 9.17) is 9.84 Å². The van der Waals surface area contributed by atoms with Crippen molar-refractivity contribution in [3.05, 3.63) is 79.4 Å². The van der Waals surface area contributed by atoms with Crippen molar-refractivity contribution in [2.75, 3.05) is 25.5 Å². The normalized spacial score (nSPS) is 15.7. The molecule has 1 fully saturated rings. The van der Waals surface area contributed by atoms with E-state index in [-0.39, 0.29) is 17.8 Å². The Labute approximate surface area is 202 Å². The van der Waals surface area contributed by atoms with Gasteiger partial charge in [0, 0.05) is 24.7 Å². The molecular formula is C27H26FN5O2. The fourth-order valence-corrected chi connectivity index (χ4v) is 4.66. The maximum Gasteiger partial charge on any atom is 0.246 e. The number of ether oxygens (including phenoxy) is 1. The molecule has 7 nitrogen and oxygen atoms in total. The molecule has 1 unspecified atom stereocenters. The Bertz CT molecular complexity index is 1390. The molecule has 3 heterocycles. The van der Waals surface area contributed by atoms with Gasteiger partial charge in [-0.25, -0.2) is 9.07 Å². The lowest BCUT2D eigenvalue weighted by Crippen LogP contribution is -2.40. The van der Waals surface area contributed by atoms with Gasteiger partial charge in [0.05, 0.1) is 36.1 Å². The van der Waals surface area contributed by atoms with E-state index < -0.39 is 0 Å². The average molecular weight is 472 g/mol. The minimum atomic E-state index is -0.358. The number of halogens is 1. The van der Waals surface area contributed by atoms with Crippen molar-refractivity contribution in [3.63, 3.8) is 0 Å². The van der Waals surface area contributed by atoms with Crippen LogP contribution in [0.15, 0.2) is 73.6 Å². The highest BCUT2D eigenvalue weighted by Gasteiger charge is 2.27. The second-order valence-electron chi connectivity index (χ2n) is 8.49. The molecule has 1 aliphatic rings. The summed E-state index contributed by atoms with van der Waals surface area (Å²) in [5.74, 6) is 0.790. The van der Waals surface area contributed by atoms with Crippen LogP contribution in [0.3, 0.4) is 0 Å². The lowest BCUT2D eigenvalue weighted by atomic mass is 10.0. The summed E-state index contributed by atoms with van der Waals surface area (Å²) in [4.78, 5) is 18.3. The van der Waals surface area contributed by atoms with Crippen molar-refractivity contribution in [2.45, 2.75) is 18.9 Å². The Morgan fingerprint density at radius 3 is 2.91 bits per heavy atom. The second kappa shape index (κ2) is 9.58. The Morgan fingerprint density at radius 2 is 2.14 bits per heavy atom. The first-order valence-electron chi connectivity index (χ1n) is 11.5. The monoisotopic (exact) mass is 471 g/mol. The largest absolute Gasteiger partial charge is 0.496 e. The molecule has 0 spiro atoms. The third kappa shape index (κ3) is 4.35. The van der Waals surface area contributed by atoms with Gasteiger partial charge >= 0.3 is 0 Å². The highest BCUT2D eigenvalue weighted by Crippen LogP contribution is 2.38. The number of likely N-dealkylation sites (tertiary alicyclic amines) is 1. The molecule has 5 rings (SSSR count). The Balaban J connectivity index is 1.64. The molecule has 1 N–H and O–H groups in total. The second-order valence-corrected chi connectivity index (χ2v) is 8.49. The first kappa shape index (κ1) is 22.6. The molecule has 2 aromatic heterocycles. The van der Waals surface area contributed by atoms with Crippen molar-refractivity contribution in [1.29, 1.82) is 0 Å². The SMILES string of the molecule is C=CC(=O)N1CCCC(n2nc3ccc(-c4c(F)cccc4OC)cc3c2Nc2cccnc2)C1. The minimum Gasteiger partial charge on any atom is -0.496 e. The summed E-state index contributed by atoms with van der Waals surface area (Å²) >= 11 is 0. The summed E-state index contributed by atoms with van der Waals surface area (Å²) < 4.78 is 22.2. The van der Waals surface area contributed by atoms with Crippen LogP contribution >= 0.6 is 0 Å². The van der Waals surface area contributed by atoms with E-state index in [2.05, 4.69) is 16.9 Å². The predicted molar refractivity (Wildman–Crippen MR) is 134 cm³/mol. The molecule has 1 saturated heterocycles. The molecule has 35 heavy (non-hydrogen) atoms. The topological polar surface area (TPSA) is 72.3 Å². The lowest BCUT2D eigenvalue weighted by Gasteiger charge is -2.33. The van der Waals surface area contributed by atoms with Gasteiger partial charge in [-0.3, -0.25) is 9.78 Å². The molecule has 0 aliphatic carbocycles. The van der Waals surface area contributed by atoms with E-state index in [0.717, 1.165) is 35.2 Å². The van der Waals surface area contributed by atoms with E-state index in [1.807, 2.05) is 35.0 Å². The Kier molecular flexibility index (Phi) is 6.18. The summed E-state index contributed by atoms with van der Waals surface area (Å²) in [7, 11) is 1.53. The van der Waals surface area contributed by atoms with Gasteiger partial charge in [-0.1, -0.05) is 18.7 Å². The molecule has 1 atom stereocenters. The highest BCUT2D eigenvalue weighted by atomic mass is 19.1. The molecule has 0 saturated carbocycles. The van der Waals surface area contributed by atoms with Crippen LogP contribution in [-0.2, 0) is 4.79 Å². The maximum absolute atomic E-state index is 14.8. The van der Waals surface area contributed by atoms with Gasteiger partial charge < -0.3 is 15.0 Å². The van der Waals surface area contributed by atoms with E-state index >= 15 is 0 Å². The molecule has 4 aromatic rings. The van der Waals surface area contributed by atoms with Crippen molar-refractivity contribution >= 4 is 28.3 Å². The minimum absolute atomic E-state index is 0.0225. The number of nitrogens with one attached hydrogen (secondary N) is 1. The maximum atomic E-state index is 14.8. The van der Waals surface area contributed by atoms with E-state index in [1.54, 1.807) is 29.4 Å². The van der Waals surface area contributed by atoms with Crippen molar-refractivity contribution in [2.24, 2.45) is 0 Å². The van der Waals surface area contributed by atoms with Crippen LogP contribution in [0.4, 0.5) is 15.9 Å². The van der Waals surface area contributed by atoms with Crippen LogP contribution < -0.4 is 10.1 Å². The fourth-order valence-electron chi connectivity index (χ4n) is 4.66. The zero-order valence-corrected chi connectivity index (χ0v) is 19.4. The molecule has 0 bridgehead atoms. The number of piperidine rings is 1. The number of anilines is 2. The smallest absolute Gasteiger partial charge is 0.246 e. The zero-order valence-electron chi connectivity index (χ0n) is 19.4. The van der Waals surface area contributed by atoms with Gasteiger partial charge in [0.15, 0.2) is 0 Å². The molecular weight excluding hydrogens is 445 g/mol. The van der Waals surface area contributed by atoms with Gasteiger partial charge in [-0.2, -0.15) is 5.10 Å². The molecule has 8 heteroatoms. The Hall–Kier alpha value is -4.20. The highest BCUT2D eigenvalue weighted by molar-refractivity contribution is 5.95. The van der Waals surface area contributed by atoms with E-state index in [0.29, 0.717) is 30.0 Å². The zero-order chi connectivity index (χ0) is 24.4. The van der Waals surface area contributed by atoms with Gasteiger partial charge in [0.2, 0.25) is 5.91 Å². The van der Waals surface area contributed by atoms with Crippen LogP contribution in [-0.4, -0.2) is 45.8 Å². The van der Waals surface area contributed by atoms with Crippen LogP contribution in [0.2, 0.25) is 0 Å². The fraction of sp³-hybridized carbons (Fsp3) is 0.222. The van der Waals surface area contributed by atoms with Crippen molar-refractivity contribution in [1.82, 2.24) is 19.7 Å². The number of methoxy groups -OCH3 is 1. The molecule has 1 amide bonds. The van der Waals surface area contributed by atoms with Gasteiger partial charge in [-0.05, 0) is 60.9 Å². The number of carbonyl (C=O) groups excluding carboxylic acids is 1. The molecule has 178 valence electrons. The number of hydrogen-bond donors (Lipinski definition) is 1. The first-order chi connectivity index (χ1) is 17.1. The Morgan fingerprint density at radius 1 is 1.26 bits per heavy atom. The number of nitrogens with zero attached hydrogens (tertiary/aromatic N) is 4. The third-order valence-electron chi connectivity index (χ3n) is 6.33. The van der Waals surface area contributed by atoms with Gasteiger partial charge in [0.25, 0.3) is 0 Å². The van der Waals surface area contributed by atoms with Crippen LogP contribution in [0.5, 0.6) is 5.75 Å². The van der Waals surface area contributed by atoms with Crippen LogP contribution in [0, 0.1) is 5.82 Å².